The lowest BCUT2D eigenvalue weighted by Gasteiger charge is -2.24. The van der Waals surface area contributed by atoms with Crippen LogP contribution in [0.3, 0.4) is 0 Å². The van der Waals surface area contributed by atoms with Gasteiger partial charge in [-0.3, -0.25) is 9.59 Å². The normalized spacial score (nSPS) is 12.8. The number of rotatable bonds is 52. The van der Waals surface area contributed by atoms with Gasteiger partial charge in [0, 0.05) is 25.9 Å². The average molecular weight is 878 g/mol. The Hall–Kier alpha value is -0.980. The summed E-state index contributed by atoms with van der Waals surface area (Å²) in [7, 11) is 4.30. The van der Waals surface area contributed by atoms with E-state index < -0.39 is 0 Å². The Balaban J connectivity index is 4.51. The highest BCUT2D eigenvalue weighted by molar-refractivity contribution is 5.79. The van der Waals surface area contributed by atoms with Gasteiger partial charge in [0.25, 0.3) is 0 Å². The minimum atomic E-state index is 0.00936. The number of carbonyl (C=O) groups excluding carboxylic acids is 2. The molecule has 0 aliphatic heterocycles. The van der Waals surface area contributed by atoms with E-state index in [9.17, 15) is 9.59 Å². The van der Waals surface area contributed by atoms with E-state index >= 15 is 0 Å². The van der Waals surface area contributed by atoms with Crippen LogP contribution in [0.5, 0.6) is 0 Å². The summed E-state index contributed by atoms with van der Waals surface area (Å²) in [6.07, 6.45) is 49.7. The van der Waals surface area contributed by atoms with Crippen LogP contribution in [-0.2, 0) is 19.1 Å². The maximum absolute atomic E-state index is 12.9. The standard InChI is InChI=1S/C56H112N2O4/c1-7-11-15-19-23-25-28-34-42-53(41-33-27-21-17-13-9-3)51-62-56(60)46-38-32-40-48-58(50-49-57(5)6)47-39-31-35-43-54(59)52-61-55(44-36-29-22-18-14-10-4)45-37-30-26-24-20-16-12-8-2/h53,55H,7-52H2,1-6H3. The van der Waals surface area contributed by atoms with E-state index in [0.29, 0.717) is 32.0 Å². The number of hydrogen-bond donors (Lipinski definition) is 0. The number of unbranched alkanes of at least 4 members (excludes halogenated alkanes) is 28. The third-order valence-electron chi connectivity index (χ3n) is 13.3. The van der Waals surface area contributed by atoms with E-state index in [1.807, 2.05) is 0 Å². The summed E-state index contributed by atoms with van der Waals surface area (Å²) in [5.74, 6) is 0.826. The molecular formula is C56H112N2O4. The molecule has 0 aliphatic rings. The predicted octanol–water partition coefficient (Wildman–Crippen LogP) is 16.6. The van der Waals surface area contributed by atoms with Gasteiger partial charge in [-0.05, 0) is 84.5 Å². The van der Waals surface area contributed by atoms with Crippen LogP contribution in [0.1, 0.15) is 285 Å². The molecule has 0 N–H and O–H groups in total. The van der Waals surface area contributed by atoms with Gasteiger partial charge in [-0.2, -0.15) is 0 Å². The molecule has 2 unspecified atom stereocenters. The van der Waals surface area contributed by atoms with Gasteiger partial charge in [-0.1, -0.05) is 220 Å². The van der Waals surface area contributed by atoms with E-state index in [1.54, 1.807) is 0 Å². The number of nitrogens with zero attached hydrogens (tertiary/aromatic N) is 2. The smallest absolute Gasteiger partial charge is 0.305 e. The van der Waals surface area contributed by atoms with E-state index in [4.69, 9.17) is 9.47 Å². The Morgan fingerprint density at radius 1 is 0.403 bits per heavy atom. The Labute approximate surface area is 389 Å². The lowest BCUT2D eigenvalue weighted by atomic mass is 9.94. The third-order valence-corrected chi connectivity index (χ3v) is 13.3. The first-order valence-corrected chi connectivity index (χ1v) is 28.0. The second-order valence-corrected chi connectivity index (χ2v) is 19.9. The zero-order valence-corrected chi connectivity index (χ0v) is 43.2. The molecule has 62 heavy (non-hydrogen) atoms. The van der Waals surface area contributed by atoms with Crippen LogP contribution in [0.15, 0.2) is 0 Å². The van der Waals surface area contributed by atoms with E-state index in [0.717, 1.165) is 77.5 Å². The Bertz CT molecular complexity index is 846. The highest BCUT2D eigenvalue weighted by Crippen LogP contribution is 2.21. The van der Waals surface area contributed by atoms with Crippen molar-refractivity contribution in [3.05, 3.63) is 0 Å². The summed E-state index contributed by atoms with van der Waals surface area (Å²) in [5, 5.41) is 0. The molecule has 0 aromatic carbocycles. The minimum Gasteiger partial charge on any atom is -0.465 e. The first-order valence-electron chi connectivity index (χ1n) is 28.0. The van der Waals surface area contributed by atoms with Gasteiger partial charge in [-0.25, -0.2) is 0 Å². The Morgan fingerprint density at radius 2 is 0.774 bits per heavy atom. The molecule has 0 aromatic heterocycles. The van der Waals surface area contributed by atoms with Gasteiger partial charge in [0.05, 0.1) is 12.7 Å². The molecule has 0 spiro atoms. The summed E-state index contributed by atoms with van der Waals surface area (Å²) in [6, 6.07) is 0. The number of hydrogen-bond acceptors (Lipinski definition) is 6. The molecule has 370 valence electrons. The van der Waals surface area contributed by atoms with Gasteiger partial charge >= 0.3 is 5.97 Å². The van der Waals surface area contributed by atoms with Crippen molar-refractivity contribution in [1.29, 1.82) is 0 Å². The zero-order chi connectivity index (χ0) is 45.4. The highest BCUT2D eigenvalue weighted by Gasteiger charge is 2.15. The van der Waals surface area contributed by atoms with Gasteiger partial charge in [0.1, 0.15) is 6.61 Å². The largest absolute Gasteiger partial charge is 0.465 e. The summed E-state index contributed by atoms with van der Waals surface area (Å²) >= 11 is 0. The molecule has 6 heteroatoms. The molecule has 2 atom stereocenters. The number of esters is 1. The van der Waals surface area contributed by atoms with E-state index in [2.05, 4.69) is 51.6 Å². The van der Waals surface area contributed by atoms with Crippen molar-refractivity contribution >= 4 is 11.8 Å². The minimum absolute atomic E-state index is 0.00936. The van der Waals surface area contributed by atoms with Crippen LogP contribution < -0.4 is 0 Å². The third kappa shape index (κ3) is 45.6. The van der Waals surface area contributed by atoms with Crippen LogP contribution in [0.25, 0.3) is 0 Å². The van der Waals surface area contributed by atoms with Crippen molar-refractivity contribution in [2.24, 2.45) is 5.92 Å². The summed E-state index contributed by atoms with van der Waals surface area (Å²) < 4.78 is 12.2. The molecule has 0 amide bonds. The van der Waals surface area contributed by atoms with E-state index in [-0.39, 0.29) is 17.9 Å². The number of ether oxygens (including phenoxy) is 2. The molecular weight excluding hydrogens is 765 g/mol. The Morgan fingerprint density at radius 3 is 1.19 bits per heavy atom. The quantitative estimate of drug-likeness (QED) is 0.0448. The summed E-state index contributed by atoms with van der Waals surface area (Å²) in [6.45, 7) is 14.3. The SMILES string of the molecule is CCCCCCCCCCC(CCCCCCCC)COC(=O)CCCCCN(CCCCCC(=O)COC(CCCCCCCC)CCCCCCCCCC)CCN(C)C. The first kappa shape index (κ1) is 61.0. The molecule has 0 aliphatic carbocycles. The van der Waals surface area contributed by atoms with E-state index in [1.165, 1.54) is 193 Å². The molecule has 0 saturated heterocycles. The van der Waals surface area contributed by atoms with Crippen LogP contribution in [0, 0.1) is 5.92 Å². The highest BCUT2D eigenvalue weighted by atomic mass is 16.5. The lowest BCUT2D eigenvalue weighted by molar-refractivity contribution is -0.145. The fraction of sp³-hybridized carbons (Fsp3) is 0.964. The van der Waals surface area contributed by atoms with Crippen molar-refractivity contribution in [3.63, 3.8) is 0 Å². The van der Waals surface area contributed by atoms with Crippen LogP contribution in [0.4, 0.5) is 0 Å². The maximum atomic E-state index is 12.9. The predicted molar refractivity (Wildman–Crippen MR) is 272 cm³/mol. The van der Waals surface area contributed by atoms with Crippen molar-refractivity contribution in [2.75, 3.05) is 53.5 Å². The average Bonchev–Trinajstić information content (AvgIpc) is 3.26. The fourth-order valence-corrected chi connectivity index (χ4v) is 8.92. The first-order chi connectivity index (χ1) is 30.4. The fourth-order valence-electron chi connectivity index (χ4n) is 8.92. The lowest BCUT2D eigenvalue weighted by Crippen LogP contribution is -2.33. The van der Waals surface area contributed by atoms with Crippen molar-refractivity contribution < 1.29 is 19.1 Å². The topological polar surface area (TPSA) is 59.1 Å². The van der Waals surface area contributed by atoms with Crippen molar-refractivity contribution in [2.45, 2.75) is 291 Å². The van der Waals surface area contributed by atoms with Gasteiger partial charge in [-0.15, -0.1) is 0 Å². The number of likely N-dealkylation sites (N-methyl/N-ethyl adjacent to an activating group) is 1. The second kappa shape index (κ2) is 49.5. The summed E-state index contributed by atoms with van der Waals surface area (Å²) in [4.78, 5) is 30.6. The molecule has 0 rings (SSSR count). The number of carbonyl (C=O) groups is 2. The van der Waals surface area contributed by atoms with Crippen LogP contribution in [0.2, 0.25) is 0 Å². The molecule has 6 nitrogen and oxygen atoms in total. The molecule has 0 aromatic rings. The second-order valence-electron chi connectivity index (χ2n) is 19.9. The van der Waals surface area contributed by atoms with Gasteiger partial charge < -0.3 is 19.3 Å². The van der Waals surface area contributed by atoms with Gasteiger partial charge in [0.15, 0.2) is 5.78 Å². The van der Waals surface area contributed by atoms with Crippen molar-refractivity contribution in [1.82, 2.24) is 9.80 Å². The van der Waals surface area contributed by atoms with Crippen LogP contribution >= 0.6 is 0 Å². The maximum Gasteiger partial charge on any atom is 0.305 e. The molecule has 0 radical (unpaired) electrons. The molecule has 0 heterocycles. The monoisotopic (exact) mass is 877 g/mol. The van der Waals surface area contributed by atoms with Crippen molar-refractivity contribution in [3.8, 4) is 0 Å². The summed E-state index contributed by atoms with van der Waals surface area (Å²) in [5.41, 5.74) is 0. The number of ketones is 1. The molecule has 0 fully saturated rings. The molecule has 0 saturated carbocycles. The molecule has 0 bridgehead atoms. The van der Waals surface area contributed by atoms with Crippen LogP contribution in [-0.4, -0.2) is 81.1 Å². The number of Topliss-reactive ketones (excluding diaryl/α,β-unsaturated/α-hetero) is 1. The zero-order valence-electron chi connectivity index (χ0n) is 43.2. The van der Waals surface area contributed by atoms with Gasteiger partial charge in [0.2, 0.25) is 0 Å². The Kier molecular flexibility index (Phi) is 48.7.